The van der Waals surface area contributed by atoms with Gasteiger partial charge in [0, 0.05) is 24.0 Å². The van der Waals surface area contributed by atoms with Crippen LogP contribution in [0.5, 0.6) is 0 Å². The average molecular weight is 323 g/mol. The molecule has 1 N–H and O–H groups in total. The van der Waals surface area contributed by atoms with Gasteiger partial charge in [-0.2, -0.15) is 13.2 Å². The fraction of sp³-hybridized carbons (Fsp3) is 0.438. The summed E-state index contributed by atoms with van der Waals surface area (Å²) in [7, 11) is 0. The molecule has 1 fully saturated rings. The summed E-state index contributed by atoms with van der Waals surface area (Å²) in [6.07, 6.45) is 0.0243. The van der Waals surface area contributed by atoms with E-state index in [0.717, 1.165) is 0 Å². The topological polar surface area (TPSA) is 54.9 Å². The lowest BCUT2D eigenvalue weighted by molar-refractivity contribution is -0.183. The van der Waals surface area contributed by atoms with E-state index in [1.807, 2.05) is 0 Å². The van der Waals surface area contributed by atoms with E-state index >= 15 is 0 Å². The molecular weight excluding hydrogens is 307 g/mol. The zero-order valence-corrected chi connectivity index (χ0v) is 12.3. The van der Waals surface area contributed by atoms with Crippen LogP contribution in [0.2, 0.25) is 0 Å². The Morgan fingerprint density at radius 1 is 1.13 bits per heavy atom. The van der Waals surface area contributed by atoms with Crippen LogP contribution in [0, 0.1) is 5.92 Å². The highest BCUT2D eigenvalue weighted by atomic mass is 19.4. The molecule has 1 heterocycles. The van der Waals surface area contributed by atoms with Crippen LogP contribution in [0.15, 0.2) is 30.6 Å². The monoisotopic (exact) mass is 323 g/mol. The van der Waals surface area contributed by atoms with Crippen molar-refractivity contribution in [2.75, 3.05) is 0 Å². The molecule has 0 unspecified atom stereocenters. The summed E-state index contributed by atoms with van der Waals surface area (Å²) >= 11 is 0. The molecule has 4 nitrogen and oxygen atoms in total. The van der Waals surface area contributed by atoms with Crippen LogP contribution in [-0.4, -0.2) is 28.1 Å². The molecule has 0 bridgehead atoms. The number of amides is 1. The van der Waals surface area contributed by atoms with E-state index in [-0.39, 0.29) is 18.7 Å². The average Bonchev–Trinajstić information content (AvgIpc) is 2.54. The molecular formula is C16H16F3N3O. The van der Waals surface area contributed by atoms with Crippen LogP contribution in [0.3, 0.4) is 0 Å². The second kappa shape index (κ2) is 6.14. The Morgan fingerprint density at radius 3 is 2.61 bits per heavy atom. The van der Waals surface area contributed by atoms with Crippen molar-refractivity contribution < 1.29 is 18.0 Å². The second-order valence-corrected chi connectivity index (χ2v) is 5.84. The minimum Gasteiger partial charge on any atom is -0.349 e. The largest absolute Gasteiger partial charge is 0.391 e. The number of hydrogen-bond donors (Lipinski definition) is 1. The molecule has 2 aromatic rings. The summed E-state index contributed by atoms with van der Waals surface area (Å²) in [4.78, 5) is 20.5. The Kier molecular flexibility index (Phi) is 4.19. The molecule has 3 rings (SSSR count). The lowest BCUT2D eigenvalue weighted by Gasteiger charge is -2.31. The Morgan fingerprint density at radius 2 is 1.87 bits per heavy atom. The summed E-state index contributed by atoms with van der Waals surface area (Å²) < 4.78 is 38.5. The van der Waals surface area contributed by atoms with Gasteiger partial charge in [-0.25, -0.2) is 0 Å². The molecule has 0 aliphatic heterocycles. The maximum absolute atomic E-state index is 12.8. The molecule has 7 heteroatoms. The number of benzene rings is 1. The number of fused-ring (bicyclic) bond motifs is 1. The lowest BCUT2D eigenvalue weighted by Crippen LogP contribution is -2.41. The maximum Gasteiger partial charge on any atom is 0.391 e. The first-order valence-corrected chi connectivity index (χ1v) is 7.52. The number of nitrogens with zero attached hydrogens (tertiary/aromatic N) is 2. The third-order valence-corrected chi connectivity index (χ3v) is 4.20. The predicted octanol–water partition coefficient (Wildman–Crippen LogP) is 3.48. The molecule has 1 aromatic heterocycles. The van der Waals surface area contributed by atoms with Gasteiger partial charge in [-0.15, -0.1) is 0 Å². The van der Waals surface area contributed by atoms with Gasteiger partial charge >= 0.3 is 6.18 Å². The number of nitrogens with one attached hydrogen (secondary N) is 1. The fourth-order valence-corrected chi connectivity index (χ4v) is 2.99. The van der Waals surface area contributed by atoms with E-state index in [9.17, 15) is 18.0 Å². The predicted molar refractivity (Wildman–Crippen MR) is 78.8 cm³/mol. The highest BCUT2D eigenvalue weighted by Crippen LogP contribution is 2.37. The van der Waals surface area contributed by atoms with Crippen LogP contribution in [0.4, 0.5) is 13.2 Å². The third kappa shape index (κ3) is 3.60. The van der Waals surface area contributed by atoms with Crippen LogP contribution in [0.1, 0.15) is 36.0 Å². The second-order valence-electron chi connectivity index (χ2n) is 5.84. The molecule has 1 amide bonds. The highest BCUT2D eigenvalue weighted by molar-refractivity contribution is 5.97. The normalized spacial score (nSPS) is 22.0. The van der Waals surface area contributed by atoms with Gasteiger partial charge in [0.25, 0.3) is 5.91 Å². The lowest BCUT2D eigenvalue weighted by atomic mass is 9.85. The zero-order chi connectivity index (χ0) is 16.4. The number of hydrogen-bond acceptors (Lipinski definition) is 3. The Labute approximate surface area is 131 Å². The van der Waals surface area contributed by atoms with Crippen LogP contribution in [-0.2, 0) is 0 Å². The van der Waals surface area contributed by atoms with Gasteiger partial charge in [0.2, 0.25) is 0 Å². The minimum atomic E-state index is -4.19. The van der Waals surface area contributed by atoms with Gasteiger partial charge in [-0.1, -0.05) is 6.42 Å². The first kappa shape index (κ1) is 15.7. The van der Waals surface area contributed by atoms with E-state index in [1.165, 1.54) is 6.20 Å². The van der Waals surface area contributed by atoms with E-state index in [0.29, 0.717) is 29.4 Å². The Hall–Kier alpha value is -2.18. The van der Waals surface area contributed by atoms with Crippen molar-refractivity contribution in [1.82, 2.24) is 15.3 Å². The highest BCUT2D eigenvalue weighted by Gasteiger charge is 2.42. The first-order valence-electron chi connectivity index (χ1n) is 7.52. The summed E-state index contributed by atoms with van der Waals surface area (Å²) in [5.74, 6) is -1.70. The molecule has 122 valence electrons. The number of alkyl halides is 3. The number of rotatable bonds is 2. The van der Waals surface area contributed by atoms with Crippen molar-refractivity contribution in [2.24, 2.45) is 5.92 Å². The molecule has 1 aliphatic carbocycles. The van der Waals surface area contributed by atoms with Gasteiger partial charge in [-0.05, 0) is 37.5 Å². The molecule has 1 aromatic carbocycles. The summed E-state index contributed by atoms with van der Waals surface area (Å²) in [6, 6.07) is 4.44. The van der Waals surface area contributed by atoms with Crippen molar-refractivity contribution in [3.8, 4) is 0 Å². The summed E-state index contributed by atoms with van der Waals surface area (Å²) in [5.41, 5.74) is 1.63. The first-order chi connectivity index (χ1) is 10.9. The van der Waals surface area contributed by atoms with Crippen LogP contribution < -0.4 is 5.32 Å². The Balaban J connectivity index is 1.70. The van der Waals surface area contributed by atoms with E-state index in [4.69, 9.17) is 0 Å². The zero-order valence-electron chi connectivity index (χ0n) is 12.3. The molecule has 23 heavy (non-hydrogen) atoms. The van der Waals surface area contributed by atoms with E-state index < -0.39 is 18.1 Å². The van der Waals surface area contributed by atoms with Crippen molar-refractivity contribution in [3.63, 3.8) is 0 Å². The Bertz CT molecular complexity index is 717. The van der Waals surface area contributed by atoms with Gasteiger partial charge in [0.1, 0.15) is 0 Å². The van der Waals surface area contributed by atoms with E-state index in [2.05, 4.69) is 15.3 Å². The van der Waals surface area contributed by atoms with Crippen molar-refractivity contribution in [2.45, 2.75) is 37.9 Å². The maximum atomic E-state index is 12.8. The summed E-state index contributed by atoms with van der Waals surface area (Å²) in [6.45, 7) is 0. The molecule has 0 saturated heterocycles. The number of halogens is 3. The molecule has 1 saturated carbocycles. The van der Waals surface area contributed by atoms with Crippen molar-refractivity contribution in [3.05, 3.63) is 36.2 Å². The smallest absolute Gasteiger partial charge is 0.349 e. The van der Waals surface area contributed by atoms with Gasteiger partial charge < -0.3 is 5.32 Å². The van der Waals surface area contributed by atoms with Gasteiger partial charge in [-0.3, -0.25) is 14.8 Å². The van der Waals surface area contributed by atoms with Gasteiger partial charge in [0.05, 0.1) is 17.0 Å². The van der Waals surface area contributed by atoms with Gasteiger partial charge in [0.15, 0.2) is 0 Å². The third-order valence-electron chi connectivity index (χ3n) is 4.20. The number of carbonyl (C=O) groups is 1. The van der Waals surface area contributed by atoms with Crippen molar-refractivity contribution >= 4 is 16.9 Å². The molecule has 0 spiro atoms. The SMILES string of the molecule is O=C(N[C@@H]1CCC[C@H](C(F)(F)F)C1)c1ccc2nccnc2c1. The van der Waals surface area contributed by atoms with Crippen molar-refractivity contribution in [1.29, 1.82) is 0 Å². The number of aromatic nitrogens is 2. The number of carbonyl (C=O) groups excluding carboxylic acids is 1. The van der Waals surface area contributed by atoms with Crippen LogP contribution in [0.25, 0.3) is 11.0 Å². The molecule has 1 aliphatic rings. The summed E-state index contributed by atoms with van der Waals surface area (Å²) in [5, 5.41) is 2.71. The van der Waals surface area contributed by atoms with Crippen LogP contribution >= 0.6 is 0 Å². The molecule has 0 radical (unpaired) electrons. The van der Waals surface area contributed by atoms with E-state index in [1.54, 1.807) is 24.4 Å². The fourth-order valence-electron chi connectivity index (χ4n) is 2.99. The molecule has 2 atom stereocenters. The standard InChI is InChI=1S/C16H16F3N3O/c17-16(18,19)11-2-1-3-12(9-11)22-15(23)10-4-5-13-14(8-10)21-7-6-20-13/h4-8,11-12H,1-3,9H2,(H,22,23)/t11-,12+/m0/s1. The quantitative estimate of drug-likeness (QED) is 0.920. The minimum absolute atomic E-state index is 0.0529.